The molecule has 4 nitrogen and oxygen atoms in total. The highest BCUT2D eigenvalue weighted by atomic mass is 15.1. The molecule has 82 valence electrons. The number of fused-ring (bicyclic) bond motifs is 1. The highest BCUT2D eigenvalue weighted by molar-refractivity contribution is 5.38. The number of hydrogen-bond acceptors (Lipinski definition) is 3. The third-order valence-corrected chi connectivity index (χ3v) is 3.16. The maximum absolute atomic E-state index is 4.41. The Morgan fingerprint density at radius 3 is 2.81 bits per heavy atom. The quantitative estimate of drug-likeness (QED) is 0.727. The number of imidazole rings is 1. The van der Waals surface area contributed by atoms with Gasteiger partial charge in [0.25, 0.3) is 0 Å². The third-order valence-electron chi connectivity index (χ3n) is 3.16. The monoisotopic (exact) mass is 214 g/mol. The Bertz CT molecular complexity index is 515. The Kier molecular flexibility index (Phi) is 2.20. The van der Waals surface area contributed by atoms with Crippen LogP contribution in [-0.4, -0.2) is 19.5 Å². The average Bonchev–Trinajstić information content (AvgIpc) is 2.75. The molecule has 0 N–H and O–H groups in total. The third kappa shape index (κ3) is 1.41. The van der Waals surface area contributed by atoms with E-state index in [-0.39, 0.29) is 0 Å². The van der Waals surface area contributed by atoms with Crippen molar-refractivity contribution in [2.24, 2.45) is 0 Å². The van der Waals surface area contributed by atoms with Gasteiger partial charge in [0.2, 0.25) is 0 Å². The molecule has 0 atom stereocenters. The lowest BCUT2D eigenvalue weighted by Gasteiger charge is -2.17. The first-order chi connectivity index (χ1) is 7.86. The zero-order chi connectivity index (χ0) is 11.0. The van der Waals surface area contributed by atoms with Gasteiger partial charge in [-0.05, 0) is 32.6 Å². The van der Waals surface area contributed by atoms with Crippen LogP contribution in [0.2, 0.25) is 0 Å². The summed E-state index contributed by atoms with van der Waals surface area (Å²) in [6.45, 7) is 2.00. The van der Waals surface area contributed by atoms with Gasteiger partial charge in [0.1, 0.15) is 18.0 Å². The predicted octanol–water partition coefficient (Wildman–Crippen LogP) is 1.85. The van der Waals surface area contributed by atoms with Crippen LogP contribution in [0.15, 0.2) is 18.7 Å². The lowest BCUT2D eigenvalue weighted by molar-refractivity contribution is 0.654. The second-order valence-corrected chi connectivity index (χ2v) is 4.17. The molecule has 16 heavy (non-hydrogen) atoms. The molecule has 2 aromatic heterocycles. The van der Waals surface area contributed by atoms with Gasteiger partial charge < -0.3 is 0 Å². The summed E-state index contributed by atoms with van der Waals surface area (Å²) in [6.07, 6.45) is 10.1. The second kappa shape index (κ2) is 3.70. The topological polar surface area (TPSA) is 43.6 Å². The predicted molar refractivity (Wildman–Crippen MR) is 60.5 cm³/mol. The van der Waals surface area contributed by atoms with Crippen LogP contribution in [0.5, 0.6) is 0 Å². The molecule has 2 aromatic rings. The molecule has 1 aliphatic rings. The lowest BCUT2D eigenvalue weighted by atomic mass is 9.96. The largest absolute Gasteiger partial charge is 0.288 e. The highest BCUT2D eigenvalue weighted by Crippen LogP contribution is 2.23. The van der Waals surface area contributed by atoms with Crippen molar-refractivity contribution in [2.45, 2.75) is 32.6 Å². The summed E-state index contributed by atoms with van der Waals surface area (Å²) in [5.74, 6) is 1.99. The number of nitrogens with zero attached hydrogens (tertiary/aromatic N) is 4. The van der Waals surface area contributed by atoms with Crippen LogP contribution in [0.25, 0.3) is 5.82 Å². The van der Waals surface area contributed by atoms with Gasteiger partial charge in [-0.25, -0.2) is 15.0 Å². The first-order valence-electron chi connectivity index (χ1n) is 5.69. The second-order valence-electron chi connectivity index (χ2n) is 4.17. The van der Waals surface area contributed by atoms with Crippen molar-refractivity contribution in [3.05, 3.63) is 35.8 Å². The van der Waals surface area contributed by atoms with Gasteiger partial charge in [0, 0.05) is 23.7 Å². The number of rotatable bonds is 1. The Morgan fingerprint density at radius 2 is 2.00 bits per heavy atom. The maximum Gasteiger partial charge on any atom is 0.144 e. The molecule has 0 aliphatic heterocycles. The van der Waals surface area contributed by atoms with Crippen LogP contribution in [0.4, 0.5) is 0 Å². The van der Waals surface area contributed by atoms with Gasteiger partial charge in [-0.2, -0.15) is 0 Å². The molecule has 0 aromatic carbocycles. The van der Waals surface area contributed by atoms with E-state index in [0.29, 0.717) is 0 Å². The smallest absolute Gasteiger partial charge is 0.144 e. The van der Waals surface area contributed by atoms with Crippen molar-refractivity contribution in [1.82, 2.24) is 19.5 Å². The van der Waals surface area contributed by atoms with Gasteiger partial charge in [0.05, 0.1) is 0 Å². The van der Waals surface area contributed by atoms with Gasteiger partial charge in [-0.1, -0.05) is 0 Å². The summed E-state index contributed by atoms with van der Waals surface area (Å²) in [4.78, 5) is 13.0. The molecule has 0 saturated carbocycles. The van der Waals surface area contributed by atoms with E-state index in [4.69, 9.17) is 0 Å². The molecule has 1 aliphatic carbocycles. The molecule has 0 fully saturated rings. The van der Waals surface area contributed by atoms with E-state index in [2.05, 4.69) is 15.0 Å². The minimum Gasteiger partial charge on any atom is -0.288 e. The zero-order valence-corrected chi connectivity index (χ0v) is 9.35. The van der Waals surface area contributed by atoms with Gasteiger partial charge in [0.15, 0.2) is 0 Å². The summed E-state index contributed by atoms with van der Waals surface area (Å²) in [7, 11) is 0. The number of aryl methyl sites for hydroxylation is 2. The average molecular weight is 214 g/mol. The first-order valence-corrected chi connectivity index (χ1v) is 5.69. The van der Waals surface area contributed by atoms with Crippen molar-refractivity contribution >= 4 is 0 Å². The molecule has 0 saturated heterocycles. The maximum atomic E-state index is 4.41. The van der Waals surface area contributed by atoms with Crippen molar-refractivity contribution in [1.29, 1.82) is 0 Å². The van der Waals surface area contributed by atoms with E-state index in [1.807, 2.05) is 23.9 Å². The van der Waals surface area contributed by atoms with Gasteiger partial charge in [-0.3, -0.25) is 4.57 Å². The minimum absolute atomic E-state index is 0.978. The standard InChI is InChI=1S/C12H14N4/c1-9-13-6-7-16(9)12-10-4-2-3-5-11(10)14-8-15-12/h6-8H,2-5H2,1H3. The first kappa shape index (κ1) is 9.51. The molecule has 4 heteroatoms. The summed E-state index contributed by atoms with van der Waals surface area (Å²) in [5.41, 5.74) is 2.51. The number of aromatic nitrogens is 4. The van der Waals surface area contributed by atoms with E-state index in [1.54, 1.807) is 6.33 Å². The Hall–Kier alpha value is -1.71. The Morgan fingerprint density at radius 1 is 1.12 bits per heavy atom. The van der Waals surface area contributed by atoms with Crippen molar-refractivity contribution in [3.8, 4) is 5.82 Å². The van der Waals surface area contributed by atoms with E-state index in [1.165, 1.54) is 24.1 Å². The van der Waals surface area contributed by atoms with Crippen LogP contribution in [0.3, 0.4) is 0 Å². The molecule has 2 heterocycles. The lowest BCUT2D eigenvalue weighted by Crippen LogP contribution is -2.12. The summed E-state index contributed by atoms with van der Waals surface area (Å²) < 4.78 is 2.05. The normalized spacial score (nSPS) is 14.8. The highest BCUT2D eigenvalue weighted by Gasteiger charge is 2.16. The fourth-order valence-corrected chi connectivity index (χ4v) is 2.31. The SMILES string of the molecule is Cc1nccn1-c1ncnc2c1CCCC2. The molecule has 0 radical (unpaired) electrons. The van der Waals surface area contributed by atoms with Crippen LogP contribution in [0, 0.1) is 6.92 Å². The molecule has 0 spiro atoms. The molecular weight excluding hydrogens is 200 g/mol. The molecular formula is C12H14N4. The Balaban J connectivity index is 2.18. The van der Waals surface area contributed by atoms with Crippen molar-refractivity contribution in [3.63, 3.8) is 0 Å². The molecule has 3 rings (SSSR count). The molecule has 0 unspecified atom stereocenters. The summed E-state index contributed by atoms with van der Waals surface area (Å²) >= 11 is 0. The fraction of sp³-hybridized carbons (Fsp3) is 0.417. The summed E-state index contributed by atoms with van der Waals surface area (Å²) in [5, 5.41) is 0. The van der Waals surface area contributed by atoms with E-state index < -0.39 is 0 Å². The summed E-state index contributed by atoms with van der Waals surface area (Å²) in [6, 6.07) is 0. The van der Waals surface area contributed by atoms with Crippen LogP contribution >= 0.6 is 0 Å². The van der Waals surface area contributed by atoms with Crippen LogP contribution in [0.1, 0.15) is 29.9 Å². The minimum atomic E-state index is 0.978. The zero-order valence-electron chi connectivity index (χ0n) is 9.35. The van der Waals surface area contributed by atoms with Gasteiger partial charge >= 0.3 is 0 Å². The van der Waals surface area contributed by atoms with E-state index in [0.717, 1.165) is 24.5 Å². The molecule has 0 amide bonds. The molecule has 0 bridgehead atoms. The van der Waals surface area contributed by atoms with Crippen LogP contribution in [-0.2, 0) is 12.8 Å². The van der Waals surface area contributed by atoms with E-state index in [9.17, 15) is 0 Å². The van der Waals surface area contributed by atoms with Gasteiger partial charge in [-0.15, -0.1) is 0 Å². The van der Waals surface area contributed by atoms with E-state index >= 15 is 0 Å². The fourth-order valence-electron chi connectivity index (χ4n) is 2.31. The van der Waals surface area contributed by atoms with Crippen molar-refractivity contribution < 1.29 is 0 Å². The van der Waals surface area contributed by atoms with Crippen LogP contribution < -0.4 is 0 Å². The van der Waals surface area contributed by atoms with Crippen molar-refractivity contribution in [2.75, 3.05) is 0 Å². The number of hydrogen-bond donors (Lipinski definition) is 0. The Labute approximate surface area is 94.4 Å².